The summed E-state index contributed by atoms with van der Waals surface area (Å²) in [7, 11) is 0. The number of benzene rings is 2. The molecule has 3 aromatic heterocycles. The molecule has 6 rings (SSSR count). The summed E-state index contributed by atoms with van der Waals surface area (Å²) in [5.74, 6) is 1.12. The molecule has 190 valence electrons. The van der Waals surface area contributed by atoms with Gasteiger partial charge in [-0.1, -0.05) is 36.4 Å². The van der Waals surface area contributed by atoms with E-state index < -0.39 is 0 Å². The van der Waals surface area contributed by atoms with E-state index in [4.69, 9.17) is 4.74 Å². The first-order valence-corrected chi connectivity index (χ1v) is 12.6. The average molecular weight is 509 g/mol. The summed E-state index contributed by atoms with van der Waals surface area (Å²) >= 11 is 0. The van der Waals surface area contributed by atoms with Crippen LogP contribution < -0.4 is 10.1 Å². The molecule has 1 aliphatic rings. The van der Waals surface area contributed by atoms with Gasteiger partial charge in [-0.25, -0.2) is 9.37 Å². The number of carbonyl (C=O) groups excluding carboxylic acids is 1. The third-order valence-electron chi connectivity index (χ3n) is 6.76. The van der Waals surface area contributed by atoms with E-state index in [1.54, 1.807) is 47.3 Å². The maximum Gasteiger partial charge on any atom is 0.270 e. The van der Waals surface area contributed by atoms with Crippen LogP contribution >= 0.6 is 0 Å². The minimum absolute atomic E-state index is 0.00610. The first kappa shape index (κ1) is 23.7. The van der Waals surface area contributed by atoms with Crippen LogP contribution in [0.15, 0.2) is 79.1 Å². The number of fused-ring (bicyclic) bond motifs is 1. The minimum Gasteiger partial charge on any atom is -0.492 e. The number of carbonyl (C=O) groups is 1. The lowest BCUT2D eigenvalue weighted by Gasteiger charge is -2.35. The monoisotopic (exact) mass is 508 g/mol. The van der Waals surface area contributed by atoms with Crippen molar-refractivity contribution in [3.63, 3.8) is 0 Å². The number of nitrogens with one attached hydrogen (secondary N) is 1. The largest absolute Gasteiger partial charge is 0.492 e. The van der Waals surface area contributed by atoms with E-state index in [9.17, 15) is 9.18 Å². The number of amides is 1. The van der Waals surface area contributed by atoms with E-state index in [-0.39, 0.29) is 23.7 Å². The zero-order chi connectivity index (χ0) is 26.1. The van der Waals surface area contributed by atoms with Crippen LogP contribution in [0.1, 0.15) is 42.0 Å². The van der Waals surface area contributed by atoms with Gasteiger partial charge >= 0.3 is 0 Å². The summed E-state index contributed by atoms with van der Waals surface area (Å²) in [5.41, 5.74) is 1.29. The summed E-state index contributed by atoms with van der Waals surface area (Å²) in [4.78, 5) is 21.6. The Morgan fingerprint density at radius 3 is 2.55 bits per heavy atom. The number of nitrogens with zero attached hydrogens (tertiary/aromatic N) is 5. The second kappa shape index (κ2) is 10.0. The van der Waals surface area contributed by atoms with E-state index in [1.165, 1.54) is 6.07 Å². The Kier molecular flexibility index (Phi) is 6.25. The van der Waals surface area contributed by atoms with Crippen LogP contribution in [0.2, 0.25) is 0 Å². The molecule has 0 radical (unpaired) electrons. The molecule has 0 unspecified atom stereocenters. The molecule has 0 bridgehead atoms. The Hall–Kier alpha value is -4.66. The smallest absolute Gasteiger partial charge is 0.270 e. The highest BCUT2D eigenvalue weighted by molar-refractivity contribution is 5.96. The normalized spacial score (nSPS) is 16.7. The summed E-state index contributed by atoms with van der Waals surface area (Å²) < 4.78 is 22.2. The van der Waals surface area contributed by atoms with Crippen LogP contribution in [0, 0.1) is 5.82 Å². The molecular weight excluding hydrogens is 483 g/mol. The number of hydrogen-bond acceptors (Lipinski definition) is 6. The Bertz CT molecular complexity index is 1610. The van der Waals surface area contributed by atoms with Crippen LogP contribution in [-0.2, 0) is 0 Å². The van der Waals surface area contributed by atoms with E-state index in [2.05, 4.69) is 25.5 Å². The lowest BCUT2D eigenvalue weighted by atomic mass is 9.79. The van der Waals surface area contributed by atoms with Gasteiger partial charge < -0.3 is 10.1 Å². The van der Waals surface area contributed by atoms with Gasteiger partial charge in [0.2, 0.25) is 0 Å². The van der Waals surface area contributed by atoms with Crippen molar-refractivity contribution in [1.82, 2.24) is 30.0 Å². The predicted molar refractivity (Wildman–Crippen MR) is 141 cm³/mol. The number of hydrogen-bond donors (Lipinski definition) is 1. The molecule has 1 N–H and O–H groups in total. The highest BCUT2D eigenvalue weighted by atomic mass is 19.1. The molecule has 38 heavy (non-hydrogen) atoms. The number of ether oxygens (including phenoxy) is 1. The maximum atomic E-state index is 14.9. The summed E-state index contributed by atoms with van der Waals surface area (Å²) in [6, 6.07) is 19.7. The molecule has 0 saturated heterocycles. The maximum absolute atomic E-state index is 14.9. The van der Waals surface area contributed by atoms with Gasteiger partial charge in [-0.05, 0) is 55.5 Å². The third-order valence-corrected chi connectivity index (χ3v) is 6.76. The van der Waals surface area contributed by atoms with E-state index in [0.717, 1.165) is 10.8 Å². The van der Waals surface area contributed by atoms with Gasteiger partial charge in [-0.3, -0.25) is 14.3 Å². The van der Waals surface area contributed by atoms with E-state index in [0.29, 0.717) is 53.9 Å². The Balaban J connectivity index is 1.23. The number of halogens is 1. The van der Waals surface area contributed by atoms with Gasteiger partial charge in [0.15, 0.2) is 5.82 Å². The van der Waals surface area contributed by atoms with Crippen molar-refractivity contribution in [1.29, 1.82) is 0 Å². The summed E-state index contributed by atoms with van der Waals surface area (Å²) in [6.45, 7) is 2.44. The summed E-state index contributed by atoms with van der Waals surface area (Å²) in [5, 5.41) is 13.9. The number of aromatic nitrogens is 5. The molecule has 1 amide bonds. The molecule has 2 aromatic carbocycles. The van der Waals surface area contributed by atoms with Crippen LogP contribution in [0.25, 0.3) is 28.0 Å². The molecule has 0 spiro atoms. The van der Waals surface area contributed by atoms with Crippen molar-refractivity contribution in [2.24, 2.45) is 0 Å². The van der Waals surface area contributed by atoms with Crippen LogP contribution in [-0.4, -0.2) is 43.3 Å². The van der Waals surface area contributed by atoms with Crippen molar-refractivity contribution in [2.75, 3.05) is 6.61 Å². The van der Waals surface area contributed by atoms with Gasteiger partial charge in [-0.2, -0.15) is 0 Å². The lowest BCUT2D eigenvalue weighted by Crippen LogP contribution is -2.44. The molecule has 9 heteroatoms. The molecule has 5 aromatic rings. The second-order valence-electron chi connectivity index (χ2n) is 9.24. The summed E-state index contributed by atoms with van der Waals surface area (Å²) in [6.07, 6.45) is 4.64. The van der Waals surface area contributed by atoms with Gasteiger partial charge in [0.05, 0.1) is 18.5 Å². The van der Waals surface area contributed by atoms with Crippen LogP contribution in [0.3, 0.4) is 0 Å². The number of para-hydroxylation sites is 1. The average Bonchev–Trinajstić information content (AvgIpc) is 3.35. The fourth-order valence-corrected chi connectivity index (χ4v) is 4.78. The number of pyridine rings is 2. The first-order valence-electron chi connectivity index (χ1n) is 12.6. The van der Waals surface area contributed by atoms with Crippen LogP contribution in [0.4, 0.5) is 4.39 Å². The topological polar surface area (TPSA) is 94.8 Å². The molecule has 1 saturated carbocycles. The second-order valence-corrected chi connectivity index (χ2v) is 9.24. The molecule has 8 nitrogen and oxygen atoms in total. The van der Waals surface area contributed by atoms with Crippen LogP contribution in [0.5, 0.6) is 5.75 Å². The van der Waals surface area contributed by atoms with E-state index >= 15 is 0 Å². The predicted octanol–water partition coefficient (Wildman–Crippen LogP) is 5.09. The van der Waals surface area contributed by atoms with Gasteiger partial charge in [-0.15, -0.1) is 10.2 Å². The molecule has 0 atom stereocenters. The number of rotatable bonds is 7. The highest BCUT2D eigenvalue weighted by Gasteiger charge is 2.36. The van der Waals surface area contributed by atoms with Crippen molar-refractivity contribution < 1.29 is 13.9 Å². The molecule has 1 aliphatic carbocycles. The Morgan fingerprint density at radius 1 is 1.00 bits per heavy atom. The lowest BCUT2D eigenvalue weighted by molar-refractivity contribution is 0.0902. The molecule has 3 heterocycles. The molecular formula is C29H25FN6O2. The molecule has 1 fully saturated rings. The van der Waals surface area contributed by atoms with Gasteiger partial charge in [0.1, 0.15) is 28.8 Å². The minimum atomic E-state index is -0.382. The SMILES string of the molecule is CCOc1ccc(-c2nnc([C@H]3C[C@H](NC(=O)c4cc5ccccc5cn4)C3)n2-c2ccccc2F)nc1. The quantitative estimate of drug-likeness (QED) is 0.329. The zero-order valence-corrected chi connectivity index (χ0v) is 20.7. The third kappa shape index (κ3) is 4.47. The van der Waals surface area contributed by atoms with Gasteiger partial charge in [0.25, 0.3) is 5.91 Å². The standard InChI is InChI=1S/C29H25FN6O2/c1-2-38-22-11-12-24(32-17-22)28-35-34-27(36(28)26-10-6-5-9-23(26)30)20-13-21(14-20)33-29(37)25-15-18-7-3-4-8-19(18)16-31-25/h3-12,15-17,20-21H,2,13-14H2,1H3,(H,33,37)/t20-,21-. The Labute approximate surface area is 218 Å². The van der Waals surface area contributed by atoms with Crippen molar-refractivity contribution in [3.05, 3.63) is 96.5 Å². The highest BCUT2D eigenvalue weighted by Crippen LogP contribution is 2.39. The first-order chi connectivity index (χ1) is 18.6. The van der Waals surface area contributed by atoms with Crippen molar-refractivity contribution >= 4 is 16.7 Å². The fourth-order valence-electron chi connectivity index (χ4n) is 4.78. The van der Waals surface area contributed by atoms with E-state index in [1.807, 2.05) is 37.3 Å². The fraction of sp³-hybridized carbons (Fsp3) is 0.207. The van der Waals surface area contributed by atoms with Gasteiger partial charge in [0, 0.05) is 23.5 Å². The zero-order valence-electron chi connectivity index (χ0n) is 20.7. The Morgan fingerprint density at radius 2 is 1.79 bits per heavy atom. The molecule has 0 aliphatic heterocycles. The van der Waals surface area contributed by atoms with Crippen molar-refractivity contribution in [2.45, 2.75) is 31.7 Å². The van der Waals surface area contributed by atoms with Crippen molar-refractivity contribution in [3.8, 4) is 23.0 Å².